The molecule has 1 N–H and O–H groups in total. The van der Waals surface area contributed by atoms with Gasteiger partial charge in [0.15, 0.2) is 17.2 Å². The Labute approximate surface area is 180 Å². The molecule has 0 saturated heterocycles. The Hall–Kier alpha value is -3.35. The first-order chi connectivity index (χ1) is 14.9. The van der Waals surface area contributed by atoms with Crippen molar-refractivity contribution in [2.45, 2.75) is 25.3 Å². The van der Waals surface area contributed by atoms with Crippen LogP contribution in [-0.2, 0) is 12.4 Å². The molecular formula is C18H11ClF6N6O. The number of nitrogens with zero attached hydrogens (tertiary/aromatic N) is 5. The molecule has 14 heteroatoms. The molecule has 0 amide bonds. The van der Waals surface area contributed by atoms with E-state index in [9.17, 15) is 26.3 Å². The maximum absolute atomic E-state index is 13.0. The summed E-state index contributed by atoms with van der Waals surface area (Å²) in [7, 11) is 0. The van der Waals surface area contributed by atoms with E-state index in [0.29, 0.717) is 6.20 Å². The molecule has 4 rings (SSSR count). The summed E-state index contributed by atoms with van der Waals surface area (Å²) < 4.78 is 83.9. The van der Waals surface area contributed by atoms with Crippen molar-refractivity contribution in [3.63, 3.8) is 0 Å². The number of nitrogens with one attached hydrogen (secondary N) is 1. The standard InChI is InChI=1S/C18H11ClF6N6O/c1-8(15-27-7-28-31(15)14-3-2-9(6-26-14)17(20,21)22)29-16-30-12-4-10(18(23,24)25)11(19)5-13(12)32-16/h2-8H,1H3,(H,29,30)/t8-/m0/s1. The van der Waals surface area contributed by atoms with Crippen molar-refractivity contribution >= 4 is 28.7 Å². The predicted octanol–water partition coefficient (Wildman–Crippen LogP) is 5.67. The van der Waals surface area contributed by atoms with Crippen LogP contribution in [0.1, 0.15) is 29.9 Å². The molecular weight excluding hydrogens is 466 g/mol. The van der Waals surface area contributed by atoms with E-state index in [-0.39, 0.29) is 28.8 Å². The molecule has 0 aliphatic heterocycles. The molecule has 0 unspecified atom stereocenters. The van der Waals surface area contributed by atoms with Crippen LogP contribution in [0.4, 0.5) is 32.4 Å². The molecule has 0 spiro atoms. The fraction of sp³-hybridized carbons (Fsp3) is 0.222. The lowest BCUT2D eigenvalue weighted by Gasteiger charge is -2.13. The minimum absolute atomic E-state index is 0.0311. The second-order valence-electron chi connectivity index (χ2n) is 6.62. The first-order valence-electron chi connectivity index (χ1n) is 8.81. The fourth-order valence-electron chi connectivity index (χ4n) is 2.88. The fourth-order valence-corrected chi connectivity index (χ4v) is 3.14. The van der Waals surface area contributed by atoms with Gasteiger partial charge in [-0.25, -0.2) is 9.97 Å². The first-order valence-corrected chi connectivity index (χ1v) is 9.18. The molecule has 3 aromatic heterocycles. The molecule has 0 radical (unpaired) electrons. The zero-order chi connectivity index (χ0) is 23.3. The van der Waals surface area contributed by atoms with Crippen molar-refractivity contribution in [2.24, 2.45) is 0 Å². The minimum atomic E-state index is -4.66. The second kappa shape index (κ2) is 7.65. The van der Waals surface area contributed by atoms with Crippen molar-refractivity contribution in [2.75, 3.05) is 5.32 Å². The van der Waals surface area contributed by atoms with Crippen LogP contribution in [0.25, 0.3) is 16.9 Å². The number of alkyl halides is 6. The quantitative estimate of drug-likeness (QED) is 0.382. The second-order valence-corrected chi connectivity index (χ2v) is 7.02. The highest BCUT2D eigenvalue weighted by atomic mass is 35.5. The molecule has 1 aromatic carbocycles. The van der Waals surface area contributed by atoms with Gasteiger partial charge in [0, 0.05) is 12.3 Å². The summed E-state index contributed by atoms with van der Waals surface area (Å²) in [5, 5.41) is 6.25. The number of hydrogen-bond donors (Lipinski definition) is 1. The van der Waals surface area contributed by atoms with Crippen LogP contribution in [-0.4, -0.2) is 24.7 Å². The lowest BCUT2D eigenvalue weighted by molar-refractivity contribution is -0.138. The van der Waals surface area contributed by atoms with Gasteiger partial charge in [-0.15, -0.1) is 0 Å². The lowest BCUT2D eigenvalue weighted by Crippen LogP contribution is -2.15. The largest absolute Gasteiger partial charge is 0.423 e. The first kappa shape index (κ1) is 21.9. The summed E-state index contributed by atoms with van der Waals surface area (Å²) in [6.45, 7) is 1.62. The van der Waals surface area contributed by atoms with Crippen molar-refractivity contribution < 1.29 is 30.8 Å². The van der Waals surface area contributed by atoms with E-state index in [4.69, 9.17) is 16.0 Å². The Bertz CT molecular complexity index is 1260. The molecule has 0 bridgehead atoms. The van der Waals surface area contributed by atoms with Crippen LogP contribution in [0.15, 0.2) is 41.2 Å². The highest BCUT2D eigenvalue weighted by molar-refractivity contribution is 6.32. The maximum atomic E-state index is 13.0. The number of aromatic nitrogens is 5. The highest BCUT2D eigenvalue weighted by Gasteiger charge is 2.34. The minimum Gasteiger partial charge on any atom is -0.423 e. The summed E-state index contributed by atoms with van der Waals surface area (Å²) in [4.78, 5) is 11.8. The van der Waals surface area contributed by atoms with E-state index in [2.05, 4.69) is 25.4 Å². The van der Waals surface area contributed by atoms with Crippen LogP contribution < -0.4 is 5.32 Å². The molecule has 4 aromatic rings. The van der Waals surface area contributed by atoms with Gasteiger partial charge < -0.3 is 9.73 Å². The number of oxazole rings is 1. The number of fused-ring (bicyclic) bond motifs is 1. The van der Waals surface area contributed by atoms with E-state index in [1.54, 1.807) is 6.92 Å². The van der Waals surface area contributed by atoms with E-state index < -0.39 is 34.5 Å². The SMILES string of the molecule is C[C@H](Nc1nc2cc(C(F)(F)F)c(Cl)cc2o1)c1ncnn1-c1ccc(C(F)(F)F)cn1. The average molecular weight is 477 g/mol. The molecule has 0 fully saturated rings. The lowest BCUT2D eigenvalue weighted by atomic mass is 10.2. The third kappa shape index (κ3) is 4.20. The van der Waals surface area contributed by atoms with Crippen molar-refractivity contribution in [3.05, 3.63) is 58.8 Å². The van der Waals surface area contributed by atoms with Crippen molar-refractivity contribution in [1.29, 1.82) is 0 Å². The van der Waals surface area contributed by atoms with Gasteiger partial charge >= 0.3 is 12.4 Å². The molecule has 0 saturated carbocycles. The van der Waals surface area contributed by atoms with Gasteiger partial charge in [-0.05, 0) is 25.1 Å². The van der Waals surface area contributed by atoms with Gasteiger partial charge in [-0.1, -0.05) is 11.6 Å². The molecule has 0 aliphatic carbocycles. The van der Waals surface area contributed by atoms with Crippen LogP contribution in [0.2, 0.25) is 5.02 Å². The third-order valence-electron chi connectivity index (χ3n) is 4.38. The van der Waals surface area contributed by atoms with Crippen LogP contribution in [0.3, 0.4) is 0 Å². The molecule has 7 nitrogen and oxygen atoms in total. The Balaban J connectivity index is 1.60. The molecule has 32 heavy (non-hydrogen) atoms. The zero-order valence-electron chi connectivity index (χ0n) is 15.8. The molecule has 3 heterocycles. The van der Waals surface area contributed by atoms with Crippen molar-refractivity contribution in [3.8, 4) is 5.82 Å². The number of benzene rings is 1. The zero-order valence-corrected chi connectivity index (χ0v) is 16.6. The monoisotopic (exact) mass is 476 g/mol. The van der Waals surface area contributed by atoms with Crippen molar-refractivity contribution in [1.82, 2.24) is 24.7 Å². The van der Waals surface area contributed by atoms with Crippen LogP contribution in [0.5, 0.6) is 0 Å². The number of halogens is 7. The van der Waals surface area contributed by atoms with E-state index in [1.165, 1.54) is 11.0 Å². The summed E-state index contributed by atoms with van der Waals surface area (Å²) in [5.74, 6) is 0.326. The third-order valence-corrected chi connectivity index (χ3v) is 4.69. The smallest absolute Gasteiger partial charge is 0.417 e. The van der Waals surface area contributed by atoms with E-state index >= 15 is 0 Å². The Kier molecular flexibility index (Phi) is 5.23. The molecule has 0 aliphatic rings. The Morgan fingerprint density at radius 2 is 1.81 bits per heavy atom. The van der Waals surface area contributed by atoms with Gasteiger partial charge in [-0.3, -0.25) is 0 Å². The van der Waals surface area contributed by atoms with Gasteiger partial charge in [0.1, 0.15) is 11.8 Å². The summed E-state index contributed by atoms with van der Waals surface area (Å²) >= 11 is 5.68. The number of hydrogen-bond acceptors (Lipinski definition) is 6. The van der Waals surface area contributed by atoms with Crippen LogP contribution in [0, 0.1) is 0 Å². The summed E-state index contributed by atoms with van der Waals surface area (Å²) in [5.41, 5.74) is -2.00. The number of anilines is 1. The Morgan fingerprint density at radius 3 is 2.44 bits per heavy atom. The number of pyridine rings is 1. The van der Waals surface area contributed by atoms with Gasteiger partial charge in [0.25, 0.3) is 6.01 Å². The maximum Gasteiger partial charge on any atom is 0.417 e. The van der Waals surface area contributed by atoms with E-state index in [1.807, 2.05) is 0 Å². The number of rotatable bonds is 4. The van der Waals surface area contributed by atoms with E-state index in [0.717, 1.165) is 24.3 Å². The highest BCUT2D eigenvalue weighted by Crippen LogP contribution is 2.38. The average Bonchev–Trinajstić information content (AvgIpc) is 3.32. The summed E-state index contributed by atoms with van der Waals surface area (Å²) in [6, 6.07) is 3.00. The summed E-state index contributed by atoms with van der Waals surface area (Å²) in [6.07, 6.45) is -7.35. The molecule has 168 valence electrons. The van der Waals surface area contributed by atoms with Gasteiger partial charge in [0.2, 0.25) is 0 Å². The molecule has 1 atom stereocenters. The Morgan fingerprint density at radius 1 is 1.06 bits per heavy atom. The predicted molar refractivity (Wildman–Crippen MR) is 100 cm³/mol. The normalized spacial score (nSPS) is 13.5. The topological polar surface area (TPSA) is 81.7 Å². The van der Waals surface area contributed by atoms with Gasteiger partial charge in [0.05, 0.1) is 22.2 Å². The van der Waals surface area contributed by atoms with Gasteiger partial charge in [-0.2, -0.15) is 41.1 Å². The van der Waals surface area contributed by atoms with Crippen LogP contribution >= 0.6 is 11.6 Å².